The lowest BCUT2D eigenvalue weighted by Gasteiger charge is -2.31. The van der Waals surface area contributed by atoms with E-state index in [1.807, 2.05) is 33.8 Å². The van der Waals surface area contributed by atoms with E-state index in [2.05, 4.69) is 31.9 Å². The molecular formula is C22H29Cl2N5O. The third kappa shape index (κ3) is 4.46. The summed E-state index contributed by atoms with van der Waals surface area (Å²) in [4.78, 5) is 20.2. The van der Waals surface area contributed by atoms with Gasteiger partial charge in [-0.3, -0.25) is 4.79 Å². The first kappa shape index (κ1) is 24.1. The van der Waals surface area contributed by atoms with Crippen molar-refractivity contribution in [1.82, 2.24) is 19.7 Å². The van der Waals surface area contributed by atoms with Crippen molar-refractivity contribution in [3.05, 3.63) is 47.7 Å². The van der Waals surface area contributed by atoms with Crippen LogP contribution in [-0.2, 0) is 0 Å². The molecule has 0 spiro atoms. The molecule has 0 saturated carbocycles. The largest absolute Gasteiger partial charge is 0.337 e. The third-order valence-electron chi connectivity index (χ3n) is 5.45. The standard InChI is InChI=1S/C22H27N5O.2ClH/c1-14(2)27-21-19(12-24-27)18(22(28)26-10-6-8-16(23)13-26)11-20(25-21)17-9-5-4-7-15(17)3;;/h4-5,7,9,11-12,14,16H,6,8,10,13,23H2,1-3H3;2*1H. The van der Waals surface area contributed by atoms with Crippen LogP contribution in [0.15, 0.2) is 36.5 Å². The SMILES string of the molecule is Cc1ccccc1-c1cc(C(=O)N2CCCC(N)C2)c2cnn(C(C)C)c2n1.Cl.Cl. The van der Waals surface area contributed by atoms with E-state index in [9.17, 15) is 4.79 Å². The summed E-state index contributed by atoms with van der Waals surface area (Å²) in [5.41, 5.74) is 10.5. The molecule has 1 unspecified atom stereocenters. The molecule has 162 valence electrons. The number of benzene rings is 1. The summed E-state index contributed by atoms with van der Waals surface area (Å²) in [6.45, 7) is 7.54. The zero-order valence-corrected chi connectivity index (χ0v) is 19.2. The van der Waals surface area contributed by atoms with E-state index in [1.165, 1.54) is 0 Å². The van der Waals surface area contributed by atoms with E-state index in [0.29, 0.717) is 12.1 Å². The highest BCUT2D eigenvalue weighted by atomic mass is 35.5. The number of nitrogens with two attached hydrogens (primary N) is 1. The maximum absolute atomic E-state index is 13.4. The van der Waals surface area contributed by atoms with Crippen LogP contribution in [0.2, 0.25) is 0 Å². The van der Waals surface area contributed by atoms with Crippen molar-refractivity contribution < 1.29 is 4.79 Å². The lowest BCUT2D eigenvalue weighted by Crippen LogP contribution is -2.45. The number of aromatic nitrogens is 3. The Labute approximate surface area is 189 Å². The fourth-order valence-electron chi connectivity index (χ4n) is 3.94. The molecule has 3 aromatic rings. The number of halogens is 2. The van der Waals surface area contributed by atoms with Crippen LogP contribution in [0.4, 0.5) is 0 Å². The van der Waals surface area contributed by atoms with Crippen LogP contribution < -0.4 is 5.73 Å². The van der Waals surface area contributed by atoms with Gasteiger partial charge in [0.1, 0.15) is 0 Å². The first-order valence-electron chi connectivity index (χ1n) is 9.95. The minimum atomic E-state index is 0. The Balaban J connectivity index is 0.00000160. The van der Waals surface area contributed by atoms with Crippen LogP contribution in [0.1, 0.15) is 48.7 Å². The number of carbonyl (C=O) groups excluding carboxylic acids is 1. The van der Waals surface area contributed by atoms with Gasteiger partial charge >= 0.3 is 0 Å². The quantitative estimate of drug-likeness (QED) is 0.642. The van der Waals surface area contributed by atoms with Crippen LogP contribution in [0, 0.1) is 6.92 Å². The first-order chi connectivity index (χ1) is 13.5. The third-order valence-corrected chi connectivity index (χ3v) is 5.45. The van der Waals surface area contributed by atoms with Gasteiger partial charge in [0.2, 0.25) is 0 Å². The summed E-state index contributed by atoms with van der Waals surface area (Å²) < 4.78 is 1.88. The molecule has 3 heterocycles. The maximum atomic E-state index is 13.4. The highest BCUT2D eigenvalue weighted by molar-refractivity contribution is 6.06. The molecule has 0 aliphatic carbocycles. The molecule has 1 saturated heterocycles. The number of rotatable bonds is 3. The predicted molar refractivity (Wildman–Crippen MR) is 126 cm³/mol. The second kappa shape index (κ2) is 9.77. The van der Waals surface area contributed by atoms with E-state index in [4.69, 9.17) is 10.7 Å². The number of nitrogens with zero attached hydrogens (tertiary/aromatic N) is 4. The fraction of sp³-hybridized carbons (Fsp3) is 0.409. The second-order valence-electron chi connectivity index (χ2n) is 7.94. The van der Waals surface area contributed by atoms with Gasteiger partial charge in [-0.1, -0.05) is 24.3 Å². The summed E-state index contributed by atoms with van der Waals surface area (Å²) >= 11 is 0. The predicted octanol–water partition coefficient (Wildman–Crippen LogP) is 4.39. The van der Waals surface area contributed by atoms with Gasteiger partial charge in [0, 0.05) is 30.7 Å². The summed E-state index contributed by atoms with van der Waals surface area (Å²) in [6, 6.07) is 10.2. The van der Waals surface area contributed by atoms with Crippen molar-refractivity contribution in [1.29, 1.82) is 0 Å². The lowest BCUT2D eigenvalue weighted by molar-refractivity contribution is 0.0711. The maximum Gasteiger partial charge on any atom is 0.254 e. The van der Waals surface area contributed by atoms with Gasteiger partial charge in [0.25, 0.3) is 5.91 Å². The van der Waals surface area contributed by atoms with Crippen LogP contribution in [0.25, 0.3) is 22.3 Å². The molecule has 1 aliphatic heterocycles. The zero-order chi connectivity index (χ0) is 19.8. The number of pyridine rings is 1. The van der Waals surface area contributed by atoms with Gasteiger partial charge in [-0.25, -0.2) is 9.67 Å². The van der Waals surface area contributed by atoms with Gasteiger partial charge in [-0.05, 0) is 45.2 Å². The molecule has 0 radical (unpaired) electrons. The molecule has 2 aromatic heterocycles. The molecule has 2 N–H and O–H groups in total. The number of piperidine rings is 1. The minimum absolute atomic E-state index is 0. The Kier molecular flexibility index (Phi) is 7.86. The smallest absolute Gasteiger partial charge is 0.254 e. The summed E-state index contributed by atoms with van der Waals surface area (Å²) in [5.74, 6) is 0.0145. The van der Waals surface area contributed by atoms with Crippen molar-refractivity contribution in [2.45, 2.75) is 45.7 Å². The Morgan fingerprint density at radius 2 is 1.97 bits per heavy atom. The number of carbonyl (C=O) groups is 1. The molecule has 8 heteroatoms. The lowest BCUT2D eigenvalue weighted by atomic mass is 10.0. The fourth-order valence-corrected chi connectivity index (χ4v) is 3.94. The van der Waals surface area contributed by atoms with E-state index in [0.717, 1.165) is 47.2 Å². The molecule has 1 aliphatic rings. The van der Waals surface area contributed by atoms with Crippen molar-refractivity contribution >= 4 is 41.8 Å². The van der Waals surface area contributed by atoms with Crippen LogP contribution in [0.3, 0.4) is 0 Å². The average Bonchev–Trinajstić information content (AvgIpc) is 3.11. The number of aryl methyl sites for hydroxylation is 1. The molecule has 30 heavy (non-hydrogen) atoms. The number of amides is 1. The highest BCUT2D eigenvalue weighted by Gasteiger charge is 2.26. The van der Waals surface area contributed by atoms with Gasteiger partial charge in [0.05, 0.1) is 22.8 Å². The van der Waals surface area contributed by atoms with E-state index >= 15 is 0 Å². The number of hydrogen-bond acceptors (Lipinski definition) is 4. The molecular weight excluding hydrogens is 421 g/mol. The Bertz CT molecular complexity index is 1030. The summed E-state index contributed by atoms with van der Waals surface area (Å²) in [5, 5.41) is 5.31. The van der Waals surface area contributed by atoms with E-state index in [-0.39, 0.29) is 42.8 Å². The topological polar surface area (TPSA) is 77.0 Å². The number of fused-ring (bicyclic) bond motifs is 1. The second-order valence-corrected chi connectivity index (χ2v) is 7.94. The molecule has 4 rings (SSSR count). The average molecular weight is 450 g/mol. The monoisotopic (exact) mass is 449 g/mol. The summed E-state index contributed by atoms with van der Waals surface area (Å²) in [6.07, 6.45) is 3.67. The van der Waals surface area contributed by atoms with Crippen LogP contribution in [0.5, 0.6) is 0 Å². The van der Waals surface area contributed by atoms with E-state index in [1.54, 1.807) is 6.20 Å². The molecule has 6 nitrogen and oxygen atoms in total. The minimum Gasteiger partial charge on any atom is -0.337 e. The molecule has 1 aromatic carbocycles. The van der Waals surface area contributed by atoms with Crippen LogP contribution >= 0.6 is 24.8 Å². The van der Waals surface area contributed by atoms with Gasteiger partial charge in [-0.15, -0.1) is 24.8 Å². The molecule has 0 bridgehead atoms. The highest BCUT2D eigenvalue weighted by Crippen LogP contribution is 2.29. The Morgan fingerprint density at radius 1 is 1.23 bits per heavy atom. The van der Waals surface area contributed by atoms with Crippen molar-refractivity contribution in [2.75, 3.05) is 13.1 Å². The van der Waals surface area contributed by atoms with Crippen LogP contribution in [-0.4, -0.2) is 44.7 Å². The van der Waals surface area contributed by atoms with Gasteiger partial charge in [0.15, 0.2) is 5.65 Å². The Hall–Kier alpha value is -2.15. The van der Waals surface area contributed by atoms with Gasteiger partial charge < -0.3 is 10.6 Å². The number of hydrogen-bond donors (Lipinski definition) is 1. The molecule has 1 fully saturated rings. The first-order valence-corrected chi connectivity index (χ1v) is 9.95. The zero-order valence-electron chi connectivity index (χ0n) is 17.5. The summed E-state index contributed by atoms with van der Waals surface area (Å²) in [7, 11) is 0. The molecule has 1 amide bonds. The van der Waals surface area contributed by atoms with Gasteiger partial charge in [-0.2, -0.15) is 5.10 Å². The van der Waals surface area contributed by atoms with Crippen molar-refractivity contribution in [3.63, 3.8) is 0 Å². The Morgan fingerprint density at radius 3 is 2.63 bits per heavy atom. The van der Waals surface area contributed by atoms with Crippen molar-refractivity contribution in [2.24, 2.45) is 5.73 Å². The van der Waals surface area contributed by atoms with E-state index < -0.39 is 0 Å². The normalized spacial score (nSPS) is 16.3. The molecule has 1 atom stereocenters. The van der Waals surface area contributed by atoms with Crippen molar-refractivity contribution in [3.8, 4) is 11.3 Å². The number of likely N-dealkylation sites (tertiary alicyclic amines) is 1.